The van der Waals surface area contributed by atoms with E-state index in [1.807, 2.05) is 26.8 Å². The van der Waals surface area contributed by atoms with Crippen molar-refractivity contribution in [3.05, 3.63) is 33.7 Å². The number of benzene rings is 1. The van der Waals surface area contributed by atoms with Crippen molar-refractivity contribution in [2.75, 3.05) is 38.0 Å². The maximum atomic E-state index is 12.5. The van der Waals surface area contributed by atoms with Crippen LogP contribution in [0.4, 0.5) is 10.7 Å². The van der Waals surface area contributed by atoms with Gasteiger partial charge < -0.3 is 24.8 Å². The molecule has 2 rings (SSSR count). The van der Waals surface area contributed by atoms with Crippen molar-refractivity contribution in [1.82, 2.24) is 0 Å². The highest BCUT2D eigenvalue weighted by Gasteiger charge is 2.22. The molecule has 0 fully saturated rings. The van der Waals surface area contributed by atoms with Gasteiger partial charge in [-0.2, -0.15) is 0 Å². The SMILES string of the molecule is CCOC(=O)c1c(NC(=O)CNc2cc(OC)c(OC)cc2C)sc(C)c1C. The summed E-state index contributed by atoms with van der Waals surface area (Å²) in [6.45, 7) is 7.73. The molecule has 7 nitrogen and oxygen atoms in total. The number of anilines is 2. The van der Waals surface area contributed by atoms with Gasteiger partial charge in [-0.3, -0.25) is 4.79 Å². The molecule has 0 bridgehead atoms. The lowest BCUT2D eigenvalue weighted by molar-refractivity contribution is -0.114. The summed E-state index contributed by atoms with van der Waals surface area (Å²) in [6.07, 6.45) is 0. The highest BCUT2D eigenvalue weighted by Crippen LogP contribution is 2.34. The van der Waals surface area contributed by atoms with E-state index in [4.69, 9.17) is 14.2 Å². The van der Waals surface area contributed by atoms with Gasteiger partial charge in [0.05, 0.1) is 32.9 Å². The second-order valence-electron chi connectivity index (χ2n) is 6.13. The number of nitrogens with one attached hydrogen (secondary N) is 2. The minimum Gasteiger partial charge on any atom is -0.493 e. The number of ether oxygens (including phenoxy) is 3. The molecule has 28 heavy (non-hydrogen) atoms. The van der Waals surface area contributed by atoms with E-state index < -0.39 is 5.97 Å². The average molecular weight is 407 g/mol. The van der Waals surface area contributed by atoms with E-state index >= 15 is 0 Å². The van der Waals surface area contributed by atoms with Crippen LogP contribution in [0.15, 0.2) is 12.1 Å². The van der Waals surface area contributed by atoms with Crippen LogP contribution in [-0.4, -0.2) is 39.2 Å². The lowest BCUT2D eigenvalue weighted by atomic mass is 10.1. The number of carbonyl (C=O) groups is 2. The Balaban J connectivity index is 2.12. The van der Waals surface area contributed by atoms with E-state index in [9.17, 15) is 9.59 Å². The minimum absolute atomic E-state index is 0.0363. The van der Waals surface area contributed by atoms with Crippen LogP contribution in [0.5, 0.6) is 11.5 Å². The van der Waals surface area contributed by atoms with Crippen LogP contribution in [0.1, 0.15) is 33.3 Å². The topological polar surface area (TPSA) is 85.9 Å². The number of carbonyl (C=O) groups excluding carboxylic acids is 2. The number of rotatable bonds is 8. The Morgan fingerprint density at radius 3 is 2.32 bits per heavy atom. The molecule has 1 heterocycles. The Kier molecular flexibility index (Phi) is 7.28. The van der Waals surface area contributed by atoms with Crippen molar-refractivity contribution in [3.63, 3.8) is 0 Å². The minimum atomic E-state index is -0.427. The first kappa shape index (κ1) is 21.6. The van der Waals surface area contributed by atoms with Crippen molar-refractivity contribution >= 4 is 33.9 Å². The van der Waals surface area contributed by atoms with Crippen LogP contribution in [0.2, 0.25) is 0 Å². The van der Waals surface area contributed by atoms with Gasteiger partial charge in [0.1, 0.15) is 5.00 Å². The number of methoxy groups -OCH3 is 2. The summed E-state index contributed by atoms with van der Waals surface area (Å²) >= 11 is 1.36. The van der Waals surface area contributed by atoms with Crippen LogP contribution in [0, 0.1) is 20.8 Å². The third-order valence-corrected chi connectivity index (χ3v) is 5.41. The van der Waals surface area contributed by atoms with E-state index in [0.717, 1.165) is 21.7 Å². The first-order valence-electron chi connectivity index (χ1n) is 8.85. The van der Waals surface area contributed by atoms with E-state index in [0.29, 0.717) is 22.1 Å². The van der Waals surface area contributed by atoms with Gasteiger partial charge in [-0.1, -0.05) is 0 Å². The number of amides is 1. The van der Waals surface area contributed by atoms with Crippen molar-refractivity contribution < 1.29 is 23.8 Å². The summed E-state index contributed by atoms with van der Waals surface area (Å²) in [5.41, 5.74) is 2.92. The van der Waals surface area contributed by atoms with Crippen LogP contribution in [0.3, 0.4) is 0 Å². The molecule has 0 aliphatic carbocycles. The summed E-state index contributed by atoms with van der Waals surface area (Å²) in [6, 6.07) is 3.62. The molecule has 0 saturated carbocycles. The summed E-state index contributed by atoms with van der Waals surface area (Å²) in [5.74, 6) is 0.507. The summed E-state index contributed by atoms with van der Waals surface area (Å²) < 4.78 is 15.7. The average Bonchev–Trinajstić information content (AvgIpc) is 2.93. The predicted molar refractivity (Wildman–Crippen MR) is 111 cm³/mol. The summed E-state index contributed by atoms with van der Waals surface area (Å²) in [5, 5.41) is 6.41. The molecular weight excluding hydrogens is 380 g/mol. The first-order valence-corrected chi connectivity index (χ1v) is 9.67. The van der Waals surface area contributed by atoms with E-state index in [-0.39, 0.29) is 19.1 Å². The third kappa shape index (κ3) is 4.75. The zero-order valence-corrected chi connectivity index (χ0v) is 17.8. The zero-order chi connectivity index (χ0) is 20.8. The molecule has 0 aliphatic rings. The molecular formula is C20H26N2O5S. The monoisotopic (exact) mass is 406 g/mol. The predicted octanol–water partition coefficient (Wildman–Crippen LogP) is 3.92. The molecule has 0 saturated heterocycles. The first-order chi connectivity index (χ1) is 13.3. The molecule has 2 N–H and O–H groups in total. The lowest BCUT2D eigenvalue weighted by Crippen LogP contribution is -2.23. The fourth-order valence-corrected chi connectivity index (χ4v) is 3.75. The molecule has 0 radical (unpaired) electrons. The van der Waals surface area contributed by atoms with Gasteiger partial charge in [0.2, 0.25) is 5.91 Å². The quantitative estimate of drug-likeness (QED) is 0.647. The lowest BCUT2D eigenvalue weighted by Gasteiger charge is -2.14. The van der Waals surface area contributed by atoms with Gasteiger partial charge in [-0.25, -0.2) is 4.79 Å². The molecule has 2 aromatic rings. The highest BCUT2D eigenvalue weighted by atomic mass is 32.1. The van der Waals surface area contributed by atoms with Gasteiger partial charge in [-0.05, 0) is 44.9 Å². The second-order valence-corrected chi connectivity index (χ2v) is 7.36. The van der Waals surface area contributed by atoms with Crippen molar-refractivity contribution in [1.29, 1.82) is 0 Å². The van der Waals surface area contributed by atoms with Crippen LogP contribution in [-0.2, 0) is 9.53 Å². The Morgan fingerprint density at radius 1 is 1.07 bits per heavy atom. The number of aryl methyl sites for hydroxylation is 2. The van der Waals surface area contributed by atoms with Crippen LogP contribution >= 0.6 is 11.3 Å². The van der Waals surface area contributed by atoms with E-state index in [2.05, 4.69) is 10.6 Å². The molecule has 1 aromatic carbocycles. The molecule has 1 amide bonds. The van der Waals surface area contributed by atoms with Crippen molar-refractivity contribution in [2.24, 2.45) is 0 Å². The number of hydrogen-bond donors (Lipinski definition) is 2. The van der Waals surface area contributed by atoms with Crippen molar-refractivity contribution in [2.45, 2.75) is 27.7 Å². The normalized spacial score (nSPS) is 10.4. The van der Waals surface area contributed by atoms with Gasteiger partial charge in [-0.15, -0.1) is 11.3 Å². The Bertz CT molecular complexity index is 876. The molecule has 0 aliphatic heterocycles. The zero-order valence-electron chi connectivity index (χ0n) is 17.0. The fourth-order valence-electron chi connectivity index (χ4n) is 2.68. The van der Waals surface area contributed by atoms with Crippen LogP contribution in [0.25, 0.3) is 0 Å². The highest BCUT2D eigenvalue weighted by molar-refractivity contribution is 7.16. The summed E-state index contributed by atoms with van der Waals surface area (Å²) in [7, 11) is 3.13. The number of thiophene rings is 1. The molecule has 1 aromatic heterocycles. The van der Waals surface area contributed by atoms with E-state index in [1.165, 1.54) is 11.3 Å². The largest absolute Gasteiger partial charge is 0.493 e. The Hall–Kier alpha value is -2.74. The number of hydrogen-bond acceptors (Lipinski definition) is 7. The second kappa shape index (κ2) is 9.45. The molecule has 0 spiro atoms. The Morgan fingerprint density at radius 2 is 1.71 bits per heavy atom. The van der Waals surface area contributed by atoms with E-state index in [1.54, 1.807) is 27.2 Å². The number of esters is 1. The standard InChI is InChI=1S/C20H26N2O5S/c1-7-27-20(24)18-12(3)13(4)28-19(18)22-17(23)10-21-14-9-16(26-6)15(25-5)8-11(14)2/h8-9,21H,7,10H2,1-6H3,(H,22,23). The van der Waals surface area contributed by atoms with Gasteiger partial charge in [0.25, 0.3) is 0 Å². The maximum absolute atomic E-state index is 12.5. The third-order valence-electron chi connectivity index (χ3n) is 4.29. The fraction of sp³-hybridized carbons (Fsp3) is 0.400. The molecule has 152 valence electrons. The smallest absolute Gasteiger partial charge is 0.341 e. The van der Waals surface area contributed by atoms with Gasteiger partial charge >= 0.3 is 5.97 Å². The van der Waals surface area contributed by atoms with Gasteiger partial charge in [0.15, 0.2) is 11.5 Å². The Labute approximate surface area is 169 Å². The molecule has 8 heteroatoms. The summed E-state index contributed by atoms with van der Waals surface area (Å²) in [4.78, 5) is 25.6. The van der Waals surface area contributed by atoms with Crippen LogP contribution < -0.4 is 20.1 Å². The molecule has 0 unspecified atom stereocenters. The van der Waals surface area contributed by atoms with Crippen molar-refractivity contribution in [3.8, 4) is 11.5 Å². The molecule has 0 atom stereocenters. The maximum Gasteiger partial charge on any atom is 0.341 e. The van der Waals surface area contributed by atoms with Gasteiger partial charge in [0, 0.05) is 16.6 Å².